The van der Waals surface area contributed by atoms with Gasteiger partial charge in [-0.1, -0.05) is 30.5 Å². The Bertz CT molecular complexity index is 436. The maximum Gasteiger partial charge on any atom is 0.129 e. The molecule has 3 heteroatoms. The van der Waals surface area contributed by atoms with E-state index in [9.17, 15) is 4.39 Å². The summed E-state index contributed by atoms with van der Waals surface area (Å²) in [5, 5.41) is 3.79. The summed E-state index contributed by atoms with van der Waals surface area (Å²) in [4.78, 5) is 0. The second-order valence-electron chi connectivity index (χ2n) is 5.62. The van der Waals surface area contributed by atoms with E-state index in [4.69, 9.17) is 11.6 Å². The highest BCUT2D eigenvalue weighted by molar-refractivity contribution is 6.30. The average Bonchev–Trinajstić information content (AvgIpc) is 3.07. The van der Waals surface area contributed by atoms with Crippen LogP contribution in [0, 0.1) is 23.6 Å². The number of nitrogens with one attached hydrogen (secondary N) is 1. The summed E-state index contributed by atoms with van der Waals surface area (Å²) in [6, 6.07) is 5.20. The highest BCUT2D eigenvalue weighted by Crippen LogP contribution is 2.60. The minimum absolute atomic E-state index is 0.148. The van der Waals surface area contributed by atoms with Gasteiger partial charge in [0.2, 0.25) is 0 Å². The van der Waals surface area contributed by atoms with Crippen molar-refractivity contribution in [3.63, 3.8) is 0 Å². The van der Waals surface area contributed by atoms with Crippen LogP contribution in [0.2, 0.25) is 5.02 Å². The quantitative estimate of drug-likeness (QED) is 0.866. The van der Waals surface area contributed by atoms with Crippen molar-refractivity contribution in [1.82, 2.24) is 5.32 Å². The third-order valence-electron chi connectivity index (χ3n) is 4.72. The largest absolute Gasteiger partial charge is 0.313 e. The molecule has 1 aromatic rings. The van der Waals surface area contributed by atoms with Gasteiger partial charge < -0.3 is 5.32 Å². The lowest BCUT2D eigenvalue weighted by molar-refractivity contribution is 0.457. The van der Waals surface area contributed by atoms with Crippen LogP contribution in [0.25, 0.3) is 0 Å². The van der Waals surface area contributed by atoms with Crippen LogP contribution in [0.15, 0.2) is 18.2 Å². The summed E-state index contributed by atoms with van der Waals surface area (Å²) in [5.74, 6) is 2.07. The molecule has 0 bridgehead atoms. The Morgan fingerprint density at radius 3 is 2.50 bits per heavy atom. The van der Waals surface area contributed by atoms with Crippen molar-refractivity contribution in [1.29, 1.82) is 0 Å². The molecule has 2 aliphatic rings. The summed E-state index contributed by atoms with van der Waals surface area (Å²) < 4.78 is 14.0. The molecule has 0 saturated heterocycles. The van der Waals surface area contributed by atoms with Crippen molar-refractivity contribution in [2.75, 3.05) is 7.05 Å². The lowest BCUT2D eigenvalue weighted by atomic mass is 9.99. The molecule has 3 atom stereocenters. The van der Waals surface area contributed by atoms with E-state index in [0.717, 1.165) is 17.4 Å². The van der Waals surface area contributed by atoms with E-state index < -0.39 is 0 Å². The van der Waals surface area contributed by atoms with Crippen LogP contribution in [-0.2, 0) is 0 Å². The number of benzene rings is 1. The van der Waals surface area contributed by atoms with Crippen molar-refractivity contribution in [2.24, 2.45) is 17.8 Å². The van der Waals surface area contributed by atoms with Crippen LogP contribution in [-0.4, -0.2) is 7.05 Å². The van der Waals surface area contributed by atoms with E-state index in [-0.39, 0.29) is 11.9 Å². The lowest BCUT2D eigenvalue weighted by Gasteiger charge is -2.18. The molecule has 2 aliphatic carbocycles. The standard InChI is InChI=1S/C15H19ClFN/c1-18-15(12-7-6-9(16)8-13(12)17)14-10-4-2-3-5-11(10)14/h6-8,10-11,14-15,18H,2-5H2,1H3. The van der Waals surface area contributed by atoms with Crippen molar-refractivity contribution in [2.45, 2.75) is 31.7 Å². The van der Waals surface area contributed by atoms with Gasteiger partial charge in [-0.25, -0.2) is 4.39 Å². The molecule has 0 aliphatic heterocycles. The van der Waals surface area contributed by atoms with Crippen molar-refractivity contribution in [3.8, 4) is 0 Å². The fraction of sp³-hybridized carbons (Fsp3) is 0.600. The maximum absolute atomic E-state index is 14.0. The van der Waals surface area contributed by atoms with Crippen LogP contribution in [0.5, 0.6) is 0 Å². The molecule has 1 aromatic carbocycles. The molecule has 1 N–H and O–H groups in total. The molecule has 98 valence electrons. The van der Waals surface area contributed by atoms with Crippen LogP contribution >= 0.6 is 11.6 Å². The van der Waals surface area contributed by atoms with E-state index in [1.807, 2.05) is 13.1 Å². The van der Waals surface area contributed by atoms with Gasteiger partial charge in [-0.15, -0.1) is 0 Å². The van der Waals surface area contributed by atoms with E-state index >= 15 is 0 Å². The van der Waals surface area contributed by atoms with Crippen LogP contribution in [0.4, 0.5) is 4.39 Å². The highest BCUT2D eigenvalue weighted by Gasteiger charge is 2.54. The summed E-state index contributed by atoms with van der Waals surface area (Å²) >= 11 is 5.82. The van der Waals surface area contributed by atoms with Crippen LogP contribution < -0.4 is 5.32 Å². The normalized spacial score (nSPS) is 31.8. The zero-order valence-corrected chi connectivity index (χ0v) is 11.4. The van der Waals surface area contributed by atoms with Crippen molar-refractivity contribution in [3.05, 3.63) is 34.6 Å². The molecular formula is C15H19ClFN. The summed E-state index contributed by atoms with van der Waals surface area (Å²) in [7, 11) is 1.93. The molecule has 0 aromatic heterocycles. The second-order valence-corrected chi connectivity index (χ2v) is 6.06. The zero-order valence-electron chi connectivity index (χ0n) is 10.6. The van der Waals surface area contributed by atoms with Crippen LogP contribution in [0.1, 0.15) is 37.3 Å². The topological polar surface area (TPSA) is 12.0 Å². The van der Waals surface area contributed by atoms with Gasteiger partial charge in [0.1, 0.15) is 5.82 Å². The fourth-order valence-corrected chi connectivity index (χ4v) is 4.01. The molecule has 0 spiro atoms. The SMILES string of the molecule is CNC(c1ccc(Cl)cc1F)C1C2CCCCC21. The van der Waals surface area contributed by atoms with Gasteiger partial charge in [-0.3, -0.25) is 0 Å². The molecule has 3 unspecified atom stereocenters. The van der Waals surface area contributed by atoms with Gasteiger partial charge in [0.15, 0.2) is 0 Å². The second kappa shape index (κ2) is 4.82. The van der Waals surface area contributed by atoms with Gasteiger partial charge >= 0.3 is 0 Å². The minimum Gasteiger partial charge on any atom is -0.313 e. The summed E-state index contributed by atoms with van der Waals surface area (Å²) in [6.07, 6.45) is 5.33. The first-order chi connectivity index (χ1) is 8.72. The first-order valence-electron chi connectivity index (χ1n) is 6.84. The average molecular weight is 268 g/mol. The van der Waals surface area contributed by atoms with Gasteiger partial charge in [-0.2, -0.15) is 0 Å². The lowest BCUT2D eigenvalue weighted by Crippen LogP contribution is -2.21. The van der Waals surface area contributed by atoms with Crippen molar-refractivity contribution < 1.29 is 4.39 Å². The molecule has 1 nitrogen and oxygen atoms in total. The van der Waals surface area contributed by atoms with Gasteiger partial charge in [0.05, 0.1) is 0 Å². The monoisotopic (exact) mass is 267 g/mol. The Hall–Kier alpha value is -0.600. The molecule has 2 saturated carbocycles. The summed E-state index contributed by atoms with van der Waals surface area (Å²) in [5.41, 5.74) is 0.779. The highest BCUT2D eigenvalue weighted by atomic mass is 35.5. The molecule has 3 rings (SSSR count). The van der Waals surface area contributed by atoms with E-state index in [1.54, 1.807) is 6.07 Å². The van der Waals surface area contributed by atoms with E-state index in [1.165, 1.54) is 31.7 Å². The molecule has 0 heterocycles. The van der Waals surface area contributed by atoms with Gasteiger partial charge in [0.25, 0.3) is 0 Å². The molecule has 0 amide bonds. The number of halogens is 2. The minimum atomic E-state index is -0.175. The molecular weight excluding hydrogens is 249 g/mol. The third kappa shape index (κ3) is 2.06. The first kappa shape index (κ1) is 12.4. The first-order valence-corrected chi connectivity index (χ1v) is 7.22. The zero-order chi connectivity index (χ0) is 12.7. The van der Waals surface area contributed by atoms with Crippen molar-refractivity contribution >= 4 is 11.6 Å². The Labute approximate surface area is 113 Å². The Morgan fingerprint density at radius 2 is 1.94 bits per heavy atom. The number of hydrogen-bond acceptors (Lipinski definition) is 1. The Balaban J connectivity index is 1.84. The molecule has 0 radical (unpaired) electrons. The Morgan fingerprint density at radius 1 is 1.28 bits per heavy atom. The third-order valence-corrected chi connectivity index (χ3v) is 4.95. The number of hydrogen-bond donors (Lipinski definition) is 1. The van der Waals surface area contributed by atoms with E-state index in [2.05, 4.69) is 5.32 Å². The predicted octanol–water partition coefficient (Wildman–Crippen LogP) is 4.18. The molecule has 18 heavy (non-hydrogen) atoms. The van der Waals surface area contributed by atoms with Crippen LogP contribution in [0.3, 0.4) is 0 Å². The number of rotatable bonds is 3. The Kier molecular flexibility index (Phi) is 3.33. The smallest absolute Gasteiger partial charge is 0.129 e. The molecule has 2 fully saturated rings. The number of fused-ring (bicyclic) bond motifs is 1. The maximum atomic E-state index is 14.0. The van der Waals surface area contributed by atoms with Gasteiger partial charge in [-0.05, 0) is 49.8 Å². The van der Waals surface area contributed by atoms with Gasteiger partial charge in [0, 0.05) is 16.6 Å². The predicted molar refractivity (Wildman–Crippen MR) is 72.1 cm³/mol. The fourth-order valence-electron chi connectivity index (χ4n) is 3.85. The van der Waals surface area contributed by atoms with E-state index in [0.29, 0.717) is 10.9 Å². The summed E-state index contributed by atoms with van der Waals surface area (Å²) in [6.45, 7) is 0.